The van der Waals surface area contributed by atoms with Crippen molar-refractivity contribution < 1.29 is 19.1 Å². The van der Waals surface area contributed by atoms with Crippen molar-refractivity contribution in [1.82, 2.24) is 15.1 Å². The number of hydrogen-bond donors (Lipinski definition) is 2. The Kier molecular flexibility index (Phi) is 4.59. The number of nitrogens with zero attached hydrogens (tertiary/aromatic N) is 2. The zero-order chi connectivity index (χ0) is 17.1. The third-order valence-corrected chi connectivity index (χ3v) is 4.07. The molecule has 2 N–H and O–H groups in total. The second-order valence-corrected chi connectivity index (χ2v) is 5.77. The minimum atomic E-state index is -0.970. The minimum absolute atomic E-state index is 0.0514. The van der Waals surface area contributed by atoms with E-state index in [4.69, 9.17) is 5.11 Å². The highest BCUT2D eigenvalue weighted by atomic mass is 19.1. The highest BCUT2D eigenvalue weighted by Gasteiger charge is 2.25. The van der Waals surface area contributed by atoms with E-state index in [0.29, 0.717) is 11.4 Å². The summed E-state index contributed by atoms with van der Waals surface area (Å²) < 4.78 is 15.1. The van der Waals surface area contributed by atoms with Crippen molar-refractivity contribution >= 4 is 11.9 Å². The molecule has 126 valence electrons. The summed E-state index contributed by atoms with van der Waals surface area (Å²) in [6.07, 6.45) is 3.34. The molecule has 0 unspecified atom stereocenters. The summed E-state index contributed by atoms with van der Waals surface area (Å²) in [6, 6.07) is 6.10. The van der Waals surface area contributed by atoms with Crippen LogP contribution in [-0.2, 0) is 17.6 Å². The Morgan fingerprint density at radius 2 is 2.08 bits per heavy atom. The number of nitrogens with one attached hydrogen (secondary N) is 1. The summed E-state index contributed by atoms with van der Waals surface area (Å²) in [5, 5.41) is 15.6. The molecule has 3 rings (SSSR count). The van der Waals surface area contributed by atoms with E-state index in [1.807, 2.05) is 0 Å². The number of hydrogen-bond acceptors (Lipinski definition) is 3. The smallest absolute Gasteiger partial charge is 0.305 e. The number of rotatable bonds is 5. The van der Waals surface area contributed by atoms with Gasteiger partial charge < -0.3 is 10.4 Å². The maximum Gasteiger partial charge on any atom is 0.305 e. The van der Waals surface area contributed by atoms with E-state index in [2.05, 4.69) is 10.4 Å². The van der Waals surface area contributed by atoms with Gasteiger partial charge in [-0.05, 0) is 43.9 Å². The van der Waals surface area contributed by atoms with Crippen molar-refractivity contribution in [2.45, 2.75) is 32.1 Å². The Bertz CT molecular complexity index is 785. The SMILES string of the molecule is O=C(O)CCNC(=O)c1nn(-c2cccc(F)c2)c2c1CCCC2. The molecule has 0 radical (unpaired) electrons. The number of carboxylic acid groups (broad SMARTS) is 1. The molecule has 0 saturated carbocycles. The van der Waals surface area contributed by atoms with Crippen LogP contribution in [0.3, 0.4) is 0 Å². The predicted octanol–water partition coefficient (Wildman–Crippen LogP) is 2.09. The van der Waals surface area contributed by atoms with Gasteiger partial charge in [-0.2, -0.15) is 5.10 Å². The maximum atomic E-state index is 13.5. The van der Waals surface area contributed by atoms with Gasteiger partial charge in [-0.3, -0.25) is 9.59 Å². The second kappa shape index (κ2) is 6.82. The normalized spacial score (nSPS) is 13.4. The zero-order valence-corrected chi connectivity index (χ0v) is 13.1. The van der Waals surface area contributed by atoms with Crippen molar-refractivity contribution in [1.29, 1.82) is 0 Å². The molecular weight excluding hydrogens is 313 g/mol. The average Bonchev–Trinajstić information content (AvgIpc) is 2.94. The Morgan fingerprint density at radius 1 is 1.29 bits per heavy atom. The predicted molar refractivity (Wildman–Crippen MR) is 84.8 cm³/mol. The molecule has 1 heterocycles. The highest BCUT2D eigenvalue weighted by molar-refractivity contribution is 5.94. The van der Waals surface area contributed by atoms with Gasteiger partial charge in [0, 0.05) is 17.8 Å². The van der Waals surface area contributed by atoms with Crippen LogP contribution in [0.5, 0.6) is 0 Å². The van der Waals surface area contributed by atoms with Gasteiger partial charge in [0.25, 0.3) is 5.91 Å². The maximum absolute atomic E-state index is 13.5. The largest absolute Gasteiger partial charge is 0.481 e. The lowest BCUT2D eigenvalue weighted by Crippen LogP contribution is -2.27. The standard InChI is InChI=1S/C17H18FN3O3/c18-11-4-3-5-12(10-11)21-14-7-2-1-6-13(14)16(20-21)17(24)19-9-8-15(22)23/h3-5,10H,1-2,6-9H2,(H,19,24)(H,22,23). The summed E-state index contributed by atoms with van der Waals surface area (Å²) in [5.41, 5.74) is 2.69. The molecule has 1 aliphatic carbocycles. The summed E-state index contributed by atoms with van der Waals surface area (Å²) in [7, 11) is 0. The number of carboxylic acids is 1. The van der Waals surface area contributed by atoms with Crippen LogP contribution in [0.15, 0.2) is 24.3 Å². The third kappa shape index (κ3) is 3.29. The summed E-state index contributed by atoms with van der Waals surface area (Å²) in [4.78, 5) is 22.9. The van der Waals surface area contributed by atoms with Crippen LogP contribution in [0, 0.1) is 5.82 Å². The summed E-state index contributed by atoms with van der Waals surface area (Å²) in [5.74, 6) is -1.72. The number of halogens is 1. The number of carbonyl (C=O) groups is 2. The van der Waals surface area contributed by atoms with E-state index in [0.717, 1.165) is 36.9 Å². The lowest BCUT2D eigenvalue weighted by atomic mass is 9.95. The van der Waals surface area contributed by atoms with Crippen LogP contribution < -0.4 is 5.32 Å². The van der Waals surface area contributed by atoms with Gasteiger partial charge in [-0.25, -0.2) is 9.07 Å². The van der Waals surface area contributed by atoms with Crippen LogP contribution in [0.2, 0.25) is 0 Å². The van der Waals surface area contributed by atoms with E-state index in [1.54, 1.807) is 16.8 Å². The van der Waals surface area contributed by atoms with E-state index >= 15 is 0 Å². The zero-order valence-electron chi connectivity index (χ0n) is 13.1. The first-order valence-electron chi connectivity index (χ1n) is 7.93. The number of aliphatic carboxylic acids is 1. The first kappa shape index (κ1) is 16.2. The average molecular weight is 331 g/mol. The number of aromatic nitrogens is 2. The van der Waals surface area contributed by atoms with Gasteiger partial charge in [0.1, 0.15) is 5.82 Å². The first-order chi connectivity index (χ1) is 11.6. The molecule has 0 saturated heterocycles. The molecule has 1 aromatic heterocycles. The molecule has 7 heteroatoms. The fraction of sp³-hybridized carbons (Fsp3) is 0.353. The van der Waals surface area contributed by atoms with E-state index in [-0.39, 0.29) is 24.7 Å². The molecule has 0 fully saturated rings. The molecule has 0 aliphatic heterocycles. The lowest BCUT2D eigenvalue weighted by molar-refractivity contribution is -0.136. The molecule has 1 aromatic carbocycles. The van der Waals surface area contributed by atoms with Crippen LogP contribution in [0.1, 0.15) is 41.0 Å². The lowest BCUT2D eigenvalue weighted by Gasteiger charge is -2.14. The fourth-order valence-electron chi connectivity index (χ4n) is 2.97. The van der Waals surface area contributed by atoms with Crippen LogP contribution in [0.4, 0.5) is 4.39 Å². The van der Waals surface area contributed by atoms with E-state index < -0.39 is 5.97 Å². The minimum Gasteiger partial charge on any atom is -0.481 e. The first-order valence-corrected chi connectivity index (χ1v) is 7.93. The molecule has 0 bridgehead atoms. The molecule has 2 aromatic rings. The van der Waals surface area contributed by atoms with Crippen molar-refractivity contribution in [2.75, 3.05) is 6.54 Å². The fourth-order valence-corrected chi connectivity index (χ4v) is 2.97. The van der Waals surface area contributed by atoms with Crippen molar-refractivity contribution in [3.8, 4) is 5.69 Å². The quantitative estimate of drug-likeness (QED) is 0.879. The number of benzene rings is 1. The Morgan fingerprint density at radius 3 is 2.83 bits per heavy atom. The van der Waals surface area contributed by atoms with Crippen LogP contribution in [-0.4, -0.2) is 33.3 Å². The molecule has 6 nitrogen and oxygen atoms in total. The van der Waals surface area contributed by atoms with Crippen molar-refractivity contribution in [3.63, 3.8) is 0 Å². The van der Waals surface area contributed by atoms with E-state index in [1.165, 1.54) is 12.1 Å². The van der Waals surface area contributed by atoms with Crippen molar-refractivity contribution in [2.24, 2.45) is 0 Å². The Labute approximate surface area is 138 Å². The summed E-state index contributed by atoms with van der Waals surface area (Å²) in [6.45, 7) is 0.0514. The number of carbonyl (C=O) groups excluding carboxylic acids is 1. The Balaban J connectivity index is 1.93. The third-order valence-electron chi connectivity index (χ3n) is 4.07. The number of amides is 1. The van der Waals surface area contributed by atoms with Crippen LogP contribution >= 0.6 is 0 Å². The van der Waals surface area contributed by atoms with Gasteiger partial charge in [0.2, 0.25) is 0 Å². The monoisotopic (exact) mass is 331 g/mol. The van der Waals surface area contributed by atoms with Crippen LogP contribution in [0.25, 0.3) is 5.69 Å². The molecule has 24 heavy (non-hydrogen) atoms. The van der Waals surface area contributed by atoms with Gasteiger partial charge in [-0.1, -0.05) is 6.07 Å². The van der Waals surface area contributed by atoms with Gasteiger partial charge >= 0.3 is 5.97 Å². The highest BCUT2D eigenvalue weighted by Crippen LogP contribution is 2.27. The topological polar surface area (TPSA) is 84.2 Å². The van der Waals surface area contributed by atoms with Gasteiger partial charge in [-0.15, -0.1) is 0 Å². The molecule has 0 spiro atoms. The summed E-state index contributed by atoms with van der Waals surface area (Å²) >= 11 is 0. The second-order valence-electron chi connectivity index (χ2n) is 5.77. The molecule has 0 atom stereocenters. The molecule has 1 amide bonds. The van der Waals surface area contributed by atoms with Crippen molar-refractivity contribution in [3.05, 3.63) is 47.0 Å². The molecular formula is C17H18FN3O3. The Hall–Kier alpha value is -2.70. The molecule has 1 aliphatic rings. The number of fused-ring (bicyclic) bond motifs is 1. The van der Waals surface area contributed by atoms with Gasteiger partial charge in [0.15, 0.2) is 5.69 Å². The van der Waals surface area contributed by atoms with Gasteiger partial charge in [0.05, 0.1) is 12.1 Å². The van der Waals surface area contributed by atoms with E-state index in [9.17, 15) is 14.0 Å².